The number of alkyl halides is 2. The number of nitrogens with zero attached hydrogens (tertiary/aromatic N) is 4. The Bertz CT molecular complexity index is 1180. The van der Waals surface area contributed by atoms with Crippen LogP contribution in [0.25, 0.3) is 10.8 Å². The summed E-state index contributed by atoms with van der Waals surface area (Å²) in [6, 6.07) is 4.73. The van der Waals surface area contributed by atoms with Gasteiger partial charge in [0.2, 0.25) is 17.7 Å². The first kappa shape index (κ1) is 20.3. The maximum Gasteiger partial charge on any atom is 0.275 e. The van der Waals surface area contributed by atoms with Gasteiger partial charge in [-0.3, -0.25) is 14.9 Å². The van der Waals surface area contributed by atoms with E-state index in [2.05, 4.69) is 36.3 Å². The number of nitrogens with one attached hydrogen (secondary N) is 1. The lowest BCUT2D eigenvalue weighted by molar-refractivity contribution is -0.135. The molecule has 0 spiro atoms. The SMILES string of the molecule is O=C(Cn1nc(OC2CC(F)(F)C2)c2cc(Br)ccc2c1=O)Nc1ncc(F)cn1. The van der Waals surface area contributed by atoms with E-state index in [4.69, 9.17) is 4.74 Å². The number of ether oxygens (including phenoxy) is 1. The van der Waals surface area contributed by atoms with Crippen molar-refractivity contribution < 1.29 is 22.7 Å². The second kappa shape index (κ2) is 7.67. The summed E-state index contributed by atoms with van der Waals surface area (Å²) < 4.78 is 46.3. The van der Waals surface area contributed by atoms with Crippen molar-refractivity contribution in [1.82, 2.24) is 19.7 Å². The summed E-state index contributed by atoms with van der Waals surface area (Å²) in [5, 5.41) is 6.93. The molecule has 0 saturated heterocycles. The number of amides is 1. The smallest absolute Gasteiger partial charge is 0.275 e. The van der Waals surface area contributed by atoms with Crippen LogP contribution in [-0.2, 0) is 11.3 Å². The third-order valence-electron chi connectivity index (χ3n) is 4.38. The highest BCUT2D eigenvalue weighted by Gasteiger charge is 2.47. The number of halogens is 4. The zero-order valence-corrected chi connectivity index (χ0v) is 16.7. The number of aromatic nitrogens is 4. The molecule has 0 aliphatic heterocycles. The summed E-state index contributed by atoms with van der Waals surface area (Å²) in [6.45, 7) is -0.511. The maximum absolute atomic E-state index is 13.2. The van der Waals surface area contributed by atoms with Gasteiger partial charge < -0.3 is 4.74 Å². The number of carbonyl (C=O) groups is 1. The van der Waals surface area contributed by atoms with Crippen LogP contribution in [0.4, 0.5) is 19.1 Å². The van der Waals surface area contributed by atoms with Crippen LogP contribution in [0.2, 0.25) is 0 Å². The molecule has 0 unspecified atom stereocenters. The average Bonchev–Trinajstić information content (AvgIpc) is 2.65. The second-order valence-corrected chi connectivity index (χ2v) is 7.65. The predicted octanol–water partition coefficient (Wildman–Crippen LogP) is 2.90. The van der Waals surface area contributed by atoms with E-state index in [1.54, 1.807) is 12.1 Å². The second-order valence-electron chi connectivity index (χ2n) is 6.73. The molecular weight excluding hydrogens is 471 g/mol. The Hall–Kier alpha value is -3.02. The van der Waals surface area contributed by atoms with Crippen LogP contribution in [0.15, 0.2) is 39.9 Å². The Balaban J connectivity index is 1.63. The normalized spacial score (nSPS) is 15.6. The van der Waals surface area contributed by atoms with Gasteiger partial charge in [0.15, 0.2) is 5.82 Å². The van der Waals surface area contributed by atoms with E-state index in [1.807, 2.05) is 0 Å². The minimum atomic E-state index is -2.79. The van der Waals surface area contributed by atoms with Crippen LogP contribution in [0, 0.1) is 5.82 Å². The monoisotopic (exact) mass is 483 g/mol. The van der Waals surface area contributed by atoms with Crippen molar-refractivity contribution in [3.05, 3.63) is 51.2 Å². The quantitative estimate of drug-likeness (QED) is 0.598. The number of carbonyl (C=O) groups excluding carboxylic acids is 1. The minimum absolute atomic E-state index is 0.0303. The van der Waals surface area contributed by atoms with Crippen LogP contribution in [0.5, 0.6) is 5.88 Å². The minimum Gasteiger partial charge on any atom is -0.472 e. The molecule has 1 aliphatic carbocycles. The zero-order chi connectivity index (χ0) is 21.5. The molecule has 12 heteroatoms. The van der Waals surface area contributed by atoms with Crippen molar-refractivity contribution in [2.75, 3.05) is 5.32 Å². The van der Waals surface area contributed by atoms with E-state index in [9.17, 15) is 22.8 Å². The third-order valence-corrected chi connectivity index (χ3v) is 4.88. The van der Waals surface area contributed by atoms with Crippen molar-refractivity contribution in [3.63, 3.8) is 0 Å². The lowest BCUT2D eigenvalue weighted by Gasteiger charge is -2.34. The average molecular weight is 484 g/mol. The molecule has 30 heavy (non-hydrogen) atoms. The topological polar surface area (TPSA) is 99.0 Å². The Morgan fingerprint density at radius 3 is 2.63 bits per heavy atom. The Morgan fingerprint density at radius 2 is 1.97 bits per heavy atom. The fourth-order valence-corrected chi connectivity index (χ4v) is 3.31. The number of fused-ring (bicyclic) bond motifs is 1. The third kappa shape index (κ3) is 4.27. The molecule has 2 heterocycles. The predicted molar refractivity (Wildman–Crippen MR) is 103 cm³/mol. The molecule has 0 bridgehead atoms. The van der Waals surface area contributed by atoms with Crippen molar-refractivity contribution in [2.24, 2.45) is 0 Å². The number of hydrogen-bond acceptors (Lipinski definition) is 6. The van der Waals surface area contributed by atoms with E-state index in [-0.39, 0.29) is 17.2 Å². The number of rotatable bonds is 5. The molecule has 1 N–H and O–H groups in total. The molecule has 8 nitrogen and oxygen atoms in total. The Labute approximate surface area is 175 Å². The van der Waals surface area contributed by atoms with Gasteiger partial charge in [-0.25, -0.2) is 27.8 Å². The van der Waals surface area contributed by atoms with Gasteiger partial charge in [0.05, 0.1) is 23.2 Å². The zero-order valence-electron chi connectivity index (χ0n) is 15.1. The first-order valence-electron chi connectivity index (χ1n) is 8.72. The standard InChI is InChI=1S/C18H13BrF3N5O3/c19-9-1-2-12-13(3-9)15(30-11-4-18(21,22)5-11)26-27(16(12)29)8-14(28)25-17-23-6-10(20)7-24-17/h1-3,6-7,11H,4-5,8H2,(H,23,24,25,28). The maximum atomic E-state index is 13.2. The molecule has 0 atom stereocenters. The number of benzene rings is 1. The molecule has 3 aromatic rings. The van der Waals surface area contributed by atoms with Gasteiger partial charge in [0.25, 0.3) is 11.5 Å². The molecule has 1 amide bonds. The molecule has 156 valence electrons. The van der Waals surface area contributed by atoms with E-state index in [0.29, 0.717) is 9.86 Å². The molecule has 0 radical (unpaired) electrons. The fraction of sp³-hybridized carbons (Fsp3) is 0.278. The molecule has 4 rings (SSSR count). The summed E-state index contributed by atoms with van der Waals surface area (Å²) >= 11 is 3.29. The highest BCUT2D eigenvalue weighted by Crippen LogP contribution is 2.40. The highest BCUT2D eigenvalue weighted by molar-refractivity contribution is 9.10. The van der Waals surface area contributed by atoms with Crippen LogP contribution in [-0.4, -0.2) is 37.7 Å². The van der Waals surface area contributed by atoms with Gasteiger partial charge in [-0.2, -0.15) is 0 Å². The largest absolute Gasteiger partial charge is 0.472 e. The van der Waals surface area contributed by atoms with Gasteiger partial charge in [0, 0.05) is 17.3 Å². The van der Waals surface area contributed by atoms with Gasteiger partial charge in [-0.05, 0) is 18.2 Å². The van der Waals surface area contributed by atoms with Crippen LogP contribution < -0.4 is 15.6 Å². The molecule has 1 saturated carbocycles. The van der Waals surface area contributed by atoms with Gasteiger partial charge in [-0.1, -0.05) is 15.9 Å². The fourth-order valence-electron chi connectivity index (χ4n) is 2.95. The van der Waals surface area contributed by atoms with Crippen LogP contribution in [0.1, 0.15) is 12.8 Å². The van der Waals surface area contributed by atoms with Gasteiger partial charge in [0.1, 0.15) is 12.6 Å². The molecular formula is C18H13BrF3N5O3. The molecule has 1 aromatic carbocycles. The number of anilines is 1. The Kier molecular flexibility index (Phi) is 5.18. The lowest BCUT2D eigenvalue weighted by atomic mass is 9.91. The van der Waals surface area contributed by atoms with Gasteiger partial charge >= 0.3 is 0 Å². The molecule has 2 aromatic heterocycles. The first-order valence-corrected chi connectivity index (χ1v) is 9.52. The number of hydrogen-bond donors (Lipinski definition) is 1. The molecule has 1 aliphatic rings. The van der Waals surface area contributed by atoms with Crippen LogP contribution in [0.3, 0.4) is 0 Å². The van der Waals surface area contributed by atoms with E-state index >= 15 is 0 Å². The van der Waals surface area contributed by atoms with E-state index < -0.39 is 48.7 Å². The van der Waals surface area contributed by atoms with Crippen LogP contribution >= 0.6 is 15.9 Å². The summed E-state index contributed by atoms with van der Waals surface area (Å²) in [5.41, 5.74) is -0.570. The Morgan fingerprint density at radius 1 is 1.27 bits per heavy atom. The van der Waals surface area contributed by atoms with Gasteiger partial charge in [-0.15, -0.1) is 5.10 Å². The van der Waals surface area contributed by atoms with Crippen molar-refractivity contribution in [1.29, 1.82) is 0 Å². The summed E-state index contributed by atoms with van der Waals surface area (Å²) in [6.07, 6.45) is 0.0991. The summed E-state index contributed by atoms with van der Waals surface area (Å²) in [4.78, 5) is 32.2. The summed E-state index contributed by atoms with van der Waals surface area (Å²) in [7, 11) is 0. The first-order chi connectivity index (χ1) is 14.2. The van der Waals surface area contributed by atoms with Crippen molar-refractivity contribution in [3.8, 4) is 5.88 Å². The lowest BCUT2D eigenvalue weighted by Crippen LogP contribution is -2.43. The van der Waals surface area contributed by atoms with Crippen molar-refractivity contribution >= 4 is 38.6 Å². The van der Waals surface area contributed by atoms with E-state index in [0.717, 1.165) is 17.1 Å². The van der Waals surface area contributed by atoms with Crippen molar-refractivity contribution in [2.45, 2.75) is 31.4 Å². The summed E-state index contributed by atoms with van der Waals surface area (Å²) in [5.74, 6) is -4.32. The molecule has 1 fully saturated rings. The highest BCUT2D eigenvalue weighted by atomic mass is 79.9. The van der Waals surface area contributed by atoms with E-state index in [1.165, 1.54) is 6.07 Å².